The van der Waals surface area contributed by atoms with Gasteiger partial charge in [-0.1, -0.05) is 12.1 Å². The molecule has 3 aliphatic heterocycles. The Morgan fingerprint density at radius 1 is 1.03 bits per heavy atom. The molecule has 1 amide bonds. The molecular formula is C26H38N2O3. The maximum Gasteiger partial charge on any atom is 0.225 e. The summed E-state index contributed by atoms with van der Waals surface area (Å²) in [4.78, 5) is 15.0. The van der Waals surface area contributed by atoms with Gasteiger partial charge in [-0.3, -0.25) is 4.79 Å². The van der Waals surface area contributed by atoms with E-state index in [2.05, 4.69) is 28.4 Å². The molecule has 5 rings (SSSR count). The number of benzene rings is 1. The summed E-state index contributed by atoms with van der Waals surface area (Å²) in [5, 5.41) is 3.29. The number of nitrogens with one attached hydrogen (secondary N) is 1. The smallest absolute Gasteiger partial charge is 0.225 e. The number of piperidine rings is 1. The minimum absolute atomic E-state index is 0.0881. The van der Waals surface area contributed by atoms with Crippen molar-refractivity contribution < 1.29 is 14.3 Å². The van der Waals surface area contributed by atoms with Crippen LogP contribution in [0.1, 0.15) is 68.4 Å². The third-order valence-electron chi connectivity index (χ3n) is 8.15. The number of likely N-dealkylation sites (tertiary alicyclic amines) is 1. The molecule has 1 aromatic rings. The quantitative estimate of drug-likeness (QED) is 0.750. The number of ether oxygens (including phenoxy) is 2. The number of hydrogen-bond acceptors (Lipinski definition) is 4. The van der Waals surface area contributed by atoms with Crippen molar-refractivity contribution in [3.8, 4) is 5.75 Å². The van der Waals surface area contributed by atoms with Crippen LogP contribution in [0.25, 0.3) is 0 Å². The fraction of sp³-hybridized carbons (Fsp3) is 0.731. The van der Waals surface area contributed by atoms with Crippen LogP contribution in [0.3, 0.4) is 0 Å². The average molecular weight is 427 g/mol. The standard InChI is InChI=1S/C26H38N2O3/c29-26(21-11-16-30-18-21)27-22-6-4-19(5-7-22)8-13-28-14-9-20(10-15-28)23-2-1-3-25-24(23)12-17-31-25/h1-3,19-22H,4-18H2,(H,27,29)/t19?,21-,22?/m0/s1. The summed E-state index contributed by atoms with van der Waals surface area (Å²) in [7, 11) is 0. The molecule has 1 aliphatic carbocycles. The Kier molecular flexibility index (Phi) is 6.80. The Morgan fingerprint density at radius 2 is 1.87 bits per heavy atom. The van der Waals surface area contributed by atoms with Gasteiger partial charge in [-0.2, -0.15) is 0 Å². The predicted molar refractivity (Wildman–Crippen MR) is 121 cm³/mol. The number of carbonyl (C=O) groups excluding carboxylic acids is 1. The van der Waals surface area contributed by atoms with E-state index in [1.807, 2.05) is 0 Å². The van der Waals surface area contributed by atoms with Gasteiger partial charge in [0.25, 0.3) is 0 Å². The minimum Gasteiger partial charge on any atom is -0.493 e. The van der Waals surface area contributed by atoms with Gasteiger partial charge in [-0.25, -0.2) is 0 Å². The second-order valence-corrected chi connectivity index (χ2v) is 10.1. The van der Waals surface area contributed by atoms with Crippen molar-refractivity contribution in [1.82, 2.24) is 10.2 Å². The number of fused-ring (bicyclic) bond motifs is 1. The largest absolute Gasteiger partial charge is 0.493 e. The second kappa shape index (κ2) is 9.91. The maximum absolute atomic E-state index is 12.3. The van der Waals surface area contributed by atoms with Crippen molar-refractivity contribution in [1.29, 1.82) is 0 Å². The average Bonchev–Trinajstić information content (AvgIpc) is 3.51. The number of amides is 1. The van der Waals surface area contributed by atoms with E-state index in [1.165, 1.54) is 57.3 Å². The molecule has 5 heteroatoms. The Hall–Kier alpha value is -1.59. The van der Waals surface area contributed by atoms with E-state index >= 15 is 0 Å². The fourth-order valence-electron chi connectivity index (χ4n) is 6.12. The normalized spacial score (nSPS) is 29.5. The lowest BCUT2D eigenvalue weighted by molar-refractivity contribution is -0.125. The number of carbonyl (C=O) groups is 1. The highest BCUT2D eigenvalue weighted by atomic mass is 16.5. The van der Waals surface area contributed by atoms with E-state index in [0.717, 1.165) is 50.6 Å². The van der Waals surface area contributed by atoms with Crippen molar-refractivity contribution in [2.24, 2.45) is 11.8 Å². The lowest BCUT2D eigenvalue weighted by atomic mass is 9.83. The fourth-order valence-corrected chi connectivity index (χ4v) is 6.12. The summed E-state index contributed by atoms with van der Waals surface area (Å²) in [5.41, 5.74) is 3.03. The molecule has 0 radical (unpaired) electrons. The van der Waals surface area contributed by atoms with E-state index in [-0.39, 0.29) is 11.8 Å². The lowest BCUT2D eigenvalue weighted by Crippen LogP contribution is -2.41. The topological polar surface area (TPSA) is 50.8 Å². The van der Waals surface area contributed by atoms with Crippen LogP contribution in [0.2, 0.25) is 0 Å². The molecule has 3 heterocycles. The first-order valence-corrected chi connectivity index (χ1v) is 12.6. The van der Waals surface area contributed by atoms with E-state index in [9.17, 15) is 4.79 Å². The summed E-state index contributed by atoms with van der Waals surface area (Å²) in [5.74, 6) is 2.97. The maximum atomic E-state index is 12.3. The van der Waals surface area contributed by atoms with Gasteiger partial charge in [0.2, 0.25) is 5.91 Å². The Balaban J connectivity index is 1.01. The van der Waals surface area contributed by atoms with Crippen LogP contribution in [0.4, 0.5) is 0 Å². The Labute approximate surface area is 186 Å². The molecule has 0 spiro atoms. The Bertz CT molecular complexity index is 745. The predicted octanol–water partition coefficient (Wildman–Crippen LogP) is 3.90. The third-order valence-corrected chi connectivity index (χ3v) is 8.15. The molecular weight excluding hydrogens is 388 g/mol. The minimum atomic E-state index is 0.0881. The van der Waals surface area contributed by atoms with Gasteiger partial charge in [-0.15, -0.1) is 0 Å². The van der Waals surface area contributed by atoms with Gasteiger partial charge >= 0.3 is 0 Å². The molecule has 3 fully saturated rings. The number of rotatable bonds is 6. The van der Waals surface area contributed by atoms with Crippen molar-refractivity contribution in [3.05, 3.63) is 29.3 Å². The molecule has 2 saturated heterocycles. The van der Waals surface area contributed by atoms with Crippen LogP contribution in [0.5, 0.6) is 5.75 Å². The summed E-state index contributed by atoms with van der Waals surface area (Å²) in [6.45, 7) is 5.90. The van der Waals surface area contributed by atoms with Crippen molar-refractivity contribution in [2.45, 2.75) is 69.7 Å². The lowest BCUT2D eigenvalue weighted by Gasteiger charge is -2.35. The number of hydrogen-bond donors (Lipinski definition) is 1. The van der Waals surface area contributed by atoms with Gasteiger partial charge in [0.05, 0.1) is 19.1 Å². The summed E-state index contributed by atoms with van der Waals surface area (Å²) < 4.78 is 11.1. The summed E-state index contributed by atoms with van der Waals surface area (Å²) >= 11 is 0. The highest BCUT2D eigenvalue weighted by molar-refractivity contribution is 5.79. The Morgan fingerprint density at radius 3 is 2.65 bits per heavy atom. The SMILES string of the molecule is O=C(NC1CCC(CCN2CCC(c3cccc4c3CCO4)CC2)CC1)[C@H]1CCOC1. The van der Waals surface area contributed by atoms with Gasteiger partial charge in [0.1, 0.15) is 5.75 Å². The first-order chi connectivity index (χ1) is 15.3. The van der Waals surface area contributed by atoms with Gasteiger partial charge < -0.3 is 19.7 Å². The molecule has 0 aromatic heterocycles. The van der Waals surface area contributed by atoms with Crippen LogP contribution in [-0.2, 0) is 16.0 Å². The molecule has 5 nitrogen and oxygen atoms in total. The first kappa shape index (κ1) is 21.3. The van der Waals surface area contributed by atoms with Crippen LogP contribution in [0, 0.1) is 11.8 Å². The molecule has 0 unspecified atom stereocenters. The summed E-state index contributed by atoms with van der Waals surface area (Å²) in [6, 6.07) is 7.03. The van der Waals surface area contributed by atoms with E-state index < -0.39 is 0 Å². The van der Waals surface area contributed by atoms with Gasteiger partial charge in [0, 0.05) is 24.6 Å². The van der Waals surface area contributed by atoms with Crippen molar-refractivity contribution in [2.75, 3.05) is 39.5 Å². The van der Waals surface area contributed by atoms with Crippen LogP contribution >= 0.6 is 0 Å². The molecule has 170 valence electrons. The zero-order valence-corrected chi connectivity index (χ0v) is 18.8. The highest BCUT2D eigenvalue weighted by Crippen LogP contribution is 2.37. The van der Waals surface area contributed by atoms with E-state index in [4.69, 9.17) is 9.47 Å². The molecule has 4 aliphatic rings. The van der Waals surface area contributed by atoms with E-state index in [0.29, 0.717) is 18.6 Å². The van der Waals surface area contributed by atoms with Crippen LogP contribution < -0.4 is 10.1 Å². The molecule has 1 atom stereocenters. The molecule has 1 aromatic carbocycles. The van der Waals surface area contributed by atoms with Crippen LogP contribution in [0.15, 0.2) is 18.2 Å². The zero-order valence-electron chi connectivity index (χ0n) is 18.8. The molecule has 0 bridgehead atoms. The molecule has 1 saturated carbocycles. The second-order valence-electron chi connectivity index (χ2n) is 10.1. The van der Waals surface area contributed by atoms with Crippen LogP contribution in [-0.4, -0.2) is 56.3 Å². The third kappa shape index (κ3) is 5.09. The zero-order chi connectivity index (χ0) is 21.0. The number of nitrogens with zero attached hydrogens (tertiary/aromatic N) is 1. The highest BCUT2D eigenvalue weighted by Gasteiger charge is 2.29. The molecule has 31 heavy (non-hydrogen) atoms. The van der Waals surface area contributed by atoms with Gasteiger partial charge in [-0.05, 0) is 94.5 Å². The molecule has 1 N–H and O–H groups in total. The van der Waals surface area contributed by atoms with Gasteiger partial charge in [0.15, 0.2) is 0 Å². The van der Waals surface area contributed by atoms with Crippen molar-refractivity contribution in [3.63, 3.8) is 0 Å². The monoisotopic (exact) mass is 426 g/mol. The summed E-state index contributed by atoms with van der Waals surface area (Å²) in [6.07, 6.45) is 10.7. The van der Waals surface area contributed by atoms with Crippen molar-refractivity contribution >= 4 is 5.91 Å². The first-order valence-electron chi connectivity index (χ1n) is 12.6. The van der Waals surface area contributed by atoms with E-state index in [1.54, 1.807) is 5.56 Å².